The molecule has 10 heteroatoms. The summed E-state index contributed by atoms with van der Waals surface area (Å²) in [5.74, 6) is -0.481. The van der Waals surface area contributed by atoms with Gasteiger partial charge in [-0.3, -0.25) is 14.5 Å². The Hall–Kier alpha value is -3.21. The first-order valence-corrected chi connectivity index (χ1v) is 13.1. The smallest absolute Gasteiger partial charge is 0.290 e. The van der Waals surface area contributed by atoms with Crippen LogP contribution in [0.3, 0.4) is 0 Å². The number of hydrogen-bond acceptors (Lipinski definition) is 9. The molecule has 4 rings (SSSR count). The van der Waals surface area contributed by atoms with Crippen molar-refractivity contribution in [2.75, 3.05) is 53.1 Å². The third-order valence-electron chi connectivity index (χ3n) is 6.50. The normalized spacial score (nSPS) is 18.4. The fourth-order valence-electron chi connectivity index (χ4n) is 4.74. The van der Waals surface area contributed by atoms with Crippen molar-refractivity contribution in [3.05, 3.63) is 63.3 Å². The largest absolute Gasteiger partial charge is 0.503 e. The molecule has 2 aliphatic rings. The van der Waals surface area contributed by atoms with Gasteiger partial charge >= 0.3 is 0 Å². The van der Waals surface area contributed by atoms with Gasteiger partial charge < -0.3 is 24.2 Å². The predicted molar refractivity (Wildman–Crippen MR) is 141 cm³/mol. The Morgan fingerprint density at radius 2 is 2.03 bits per heavy atom. The van der Waals surface area contributed by atoms with E-state index in [1.54, 1.807) is 36.1 Å². The monoisotopic (exact) mass is 527 g/mol. The van der Waals surface area contributed by atoms with Gasteiger partial charge in [-0.05, 0) is 38.0 Å². The van der Waals surface area contributed by atoms with Crippen LogP contribution in [-0.4, -0.2) is 84.7 Å². The first-order chi connectivity index (χ1) is 17.8. The second kappa shape index (κ2) is 11.9. The van der Waals surface area contributed by atoms with Crippen LogP contribution >= 0.6 is 11.3 Å². The molecule has 0 radical (unpaired) electrons. The number of thiazole rings is 1. The minimum atomic E-state index is -0.770. The lowest BCUT2D eigenvalue weighted by Crippen LogP contribution is -2.39. The minimum absolute atomic E-state index is 0.0601. The lowest BCUT2D eigenvalue weighted by Gasteiger charge is -2.30. The number of nitrogens with zero attached hydrogens (tertiary/aromatic N) is 3. The van der Waals surface area contributed by atoms with Crippen LogP contribution in [0.4, 0.5) is 0 Å². The number of carbonyl (C=O) groups is 2. The second-order valence-electron chi connectivity index (χ2n) is 8.96. The van der Waals surface area contributed by atoms with Crippen LogP contribution in [0.5, 0.6) is 11.5 Å². The number of hydrogen-bond donors (Lipinski definition) is 1. The zero-order valence-corrected chi connectivity index (χ0v) is 22.3. The van der Waals surface area contributed by atoms with E-state index in [4.69, 9.17) is 14.2 Å². The first kappa shape index (κ1) is 26.8. The number of morpholine rings is 1. The number of aromatic nitrogens is 1. The lowest BCUT2D eigenvalue weighted by atomic mass is 9.94. The number of aryl methyl sites for hydroxylation is 2. The van der Waals surface area contributed by atoms with Crippen molar-refractivity contribution in [2.45, 2.75) is 26.3 Å². The van der Waals surface area contributed by atoms with Crippen LogP contribution in [0.2, 0.25) is 0 Å². The fraction of sp³-hybridized carbons (Fsp3) is 0.444. The quantitative estimate of drug-likeness (QED) is 0.349. The van der Waals surface area contributed by atoms with E-state index >= 15 is 0 Å². The Bertz CT molecular complexity index is 1200. The zero-order chi connectivity index (χ0) is 26.5. The summed E-state index contributed by atoms with van der Waals surface area (Å²) in [6, 6.07) is 4.52. The highest BCUT2D eigenvalue weighted by molar-refractivity contribution is 7.14. The number of aliphatic hydroxyl groups excluding tert-OH is 1. The average Bonchev–Trinajstić information content (AvgIpc) is 3.37. The summed E-state index contributed by atoms with van der Waals surface area (Å²) in [7, 11) is 1.53. The summed E-state index contributed by atoms with van der Waals surface area (Å²) in [5, 5.41) is 11.7. The Balaban J connectivity index is 1.68. The number of Topliss-reactive ketones (excluding diaryl/α,β-unsaturated/α-hetero) is 1. The molecule has 9 nitrogen and oxygen atoms in total. The molecule has 1 saturated heterocycles. The van der Waals surface area contributed by atoms with Gasteiger partial charge in [-0.15, -0.1) is 11.3 Å². The van der Waals surface area contributed by atoms with Gasteiger partial charge in [0, 0.05) is 26.2 Å². The molecule has 1 amide bonds. The van der Waals surface area contributed by atoms with Crippen molar-refractivity contribution in [3.8, 4) is 11.5 Å². The van der Waals surface area contributed by atoms with E-state index in [9.17, 15) is 14.7 Å². The van der Waals surface area contributed by atoms with E-state index < -0.39 is 17.7 Å². The molecule has 0 saturated carbocycles. The minimum Gasteiger partial charge on any atom is -0.503 e. The SMILES string of the molecule is C=CCOc1ccc(C2C(C(=O)c3sc(C)nc3C)=C(O)C(=O)N2CCCN2CCOCC2)cc1OC. The molecule has 1 N–H and O–H groups in total. The summed E-state index contributed by atoms with van der Waals surface area (Å²) < 4.78 is 16.6. The number of ketones is 1. The molecule has 2 aliphatic heterocycles. The Labute approximate surface area is 221 Å². The number of aliphatic hydroxyl groups is 1. The predicted octanol–water partition coefficient (Wildman–Crippen LogP) is 3.63. The molecule has 1 fully saturated rings. The summed E-state index contributed by atoms with van der Waals surface area (Å²) in [6.07, 6.45) is 2.32. The van der Waals surface area contributed by atoms with Gasteiger partial charge in [0.1, 0.15) is 6.61 Å². The van der Waals surface area contributed by atoms with Gasteiger partial charge in [-0.2, -0.15) is 0 Å². The second-order valence-corrected chi connectivity index (χ2v) is 10.2. The molecule has 1 atom stereocenters. The van der Waals surface area contributed by atoms with Gasteiger partial charge in [-0.1, -0.05) is 18.7 Å². The van der Waals surface area contributed by atoms with Crippen molar-refractivity contribution < 1.29 is 28.9 Å². The fourth-order valence-corrected chi connectivity index (χ4v) is 5.61. The third-order valence-corrected chi connectivity index (χ3v) is 7.57. The van der Waals surface area contributed by atoms with Crippen LogP contribution in [0, 0.1) is 13.8 Å². The van der Waals surface area contributed by atoms with E-state index in [-0.39, 0.29) is 11.4 Å². The number of ether oxygens (including phenoxy) is 3. The molecule has 0 bridgehead atoms. The number of carbonyl (C=O) groups excluding carboxylic acids is 2. The molecule has 37 heavy (non-hydrogen) atoms. The van der Waals surface area contributed by atoms with Crippen molar-refractivity contribution in [2.24, 2.45) is 0 Å². The summed E-state index contributed by atoms with van der Waals surface area (Å²) in [4.78, 5) is 35.7. The summed E-state index contributed by atoms with van der Waals surface area (Å²) in [6.45, 7) is 11.8. The number of amides is 1. The number of benzene rings is 1. The lowest BCUT2D eigenvalue weighted by molar-refractivity contribution is -0.129. The van der Waals surface area contributed by atoms with Gasteiger partial charge in [0.2, 0.25) is 5.78 Å². The molecular weight excluding hydrogens is 494 g/mol. The third kappa shape index (κ3) is 5.71. The summed E-state index contributed by atoms with van der Waals surface area (Å²) in [5.41, 5.74) is 1.29. The van der Waals surface area contributed by atoms with Crippen LogP contribution in [-0.2, 0) is 9.53 Å². The Morgan fingerprint density at radius 3 is 2.68 bits per heavy atom. The molecule has 1 aromatic carbocycles. The van der Waals surface area contributed by atoms with E-state index in [1.807, 2.05) is 6.92 Å². The van der Waals surface area contributed by atoms with E-state index in [2.05, 4.69) is 16.5 Å². The Kier molecular flexibility index (Phi) is 8.63. The van der Waals surface area contributed by atoms with Crippen molar-refractivity contribution in [1.29, 1.82) is 0 Å². The maximum absolute atomic E-state index is 13.7. The first-order valence-electron chi connectivity index (χ1n) is 12.3. The van der Waals surface area contributed by atoms with Crippen LogP contribution in [0.1, 0.15) is 38.4 Å². The van der Waals surface area contributed by atoms with Gasteiger partial charge in [-0.25, -0.2) is 4.98 Å². The van der Waals surface area contributed by atoms with Gasteiger partial charge in [0.15, 0.2) is 17.3 Å². The molecule has 198 valence electrons. The van der Waals surface area contributed by atoms with Gasteiger partial charge in [0.05, 0.1) is 47.5 Å². The molecule has 2 aromatic rings. The maximum atomic E-state index is 13.7. The van der Waals surface area contributed by atoms with Crippen LogP contribution < -0.4 is 9.47 Å². The van der Waals surface area contributed by atoms with Gasteiger partial charge in [0.25, 0.3) is 5.91 Å². The molecule has 3 heterocycles. The Morgan fingerprint density at radius 1 is 1.27 bits per heavy atom. The van der Waals surface area contributed by atoms with E-state index in [1.165, 1.54) is 18.4 Å². The van der Waals surface area contributed by atoms with Crippen molar-refractivity contribution in [1.82, 2.24) is 14.8 Å². The standard InChI is InChI=1S/C27H33N3O6S/c1-5-13-36-20-8-7-19(16-21(20)34-4)23-22(24(31)26-17(2)28-18(3)37-26)25(32)27(33)30(23)10-6-9-29-11-14-35-15-12-29/h5,7-8,16,23,32H,1,6,9-15H2,2-4H3. The highest BCUT2D eigenvalue weighted by atomic mass is 32.1. The van der Waals surface area contributed by atoms with Crippen LogP contribution in [0.25, 0.3) is 0 Å². The molecule has 1 aromatic heterocycles. The van der Waals surface area contributed by atoms with Crippen molar-refractivity contribution >= 4 is 23.0 Å². The molecule has 0 spiro atoms. The highest BCUT2D eigenvalue weighted by Crippen LogP contribution is 2.42. The molecular formula is C27H33N3O6S. The van der Waals surface area contributed by atoms with E-state index in [0.717, 1.165) is 24.6 Å². The zero-order valence-electron chi connectivity index (χ0n) is 21.5. The number of rotatable bonds is 11. The average molecular weight is 528 g/mol. The van der Waals surface area contributed by atoms with Crippen LogP contribution in [0.15, 0.2) is 42.2 Å². The molecule has 0 aliphatic carbocycles. The van der Waals surface area contributed by atoms with Crippen molar-refractivity contribution in [3.63, 3.8) is 0 Å². The number of methoxy groups -OCH3 is 1. The highest BCUT2D eigenvalue weighted by Gasteiger charge is 2.44. The summed E-state index contributed by atoms with van der Waals surface area (Å²) >= 11 is 1.26. The van der Waals surface area contributed by atoms with E-state index in [0.29, 0.717) is 60.4 Å². The maximum Gasteiger partial charge on any atom is 0.290 e. The topological polar surface area (TPSA) is 101 Å². The molecule has 1 unspecified atom stereocenters.